The molecule has 3 atom stereocenters. The lowest BCUT2D eigenvalue weighted by atomic mass is 10.0. The summed E-state index contributed by atoms with van der Waals surface area (Å²) < 4.78 is 23.2. The molecule has 1 amide bonds. The predicted octanol–water partition coefficient (Wildman–Crippen LogP) is 3.29. The molecule has 2 fully saturated rings. The van der Waals surface area contributed by atoms with Crippen LogP contribution in [0.4, 0.5) is 4.79 Å². The molecule has 0 aliphatic carbocycles. The highest BCUT2D eigenvalue weighted by atomic mass is 79.9. The number of amides is 1. The van der Waals surface area contributed by atoms with E-state index < -0.39 is 5.60 Å². The van der Waals surface area contributed by atoms with Crippen LogP contribution in [0, 0.1) is 6.92 Å². The highest BCUT2D eigenvalue weighted by Gasteiger charge is 2.49. The molecule has 3 rings (SSSR count). The zero-order chi connectivity index (χ0) is 17.5. The van der Waals surface area contributed by atoms with Crippen molar-refractivity contribution in [1.82, 2.24) is 10.1 Å². The number of aromatic nitrogens is 1. The van der Waals surface area contributed by atoms with Crippen molar-refractivity contribution in [2.75, 3.05) is 13.2 Å². The number of nitrogens with zero attached hydrogens (tertiary/aromatic N) is 2. The molecule has 0 radical (unpaired) electrons. The van der Waals surface area contributed by atoms with Gasteiger partial charge in [-0.15, -0.1) is 0 Å². The lowest BCUT2D eigenvalue weighted by Crippen LogP contribution is -2.45. The van der Waals surface area contributed by atoms with Gasteiger partial charge in [-0.05, 0) is 61.6 Å². The second-order valence-corrected chi connectivity index (χ2v) is 7.98. The number of halogens is 1. The molecule has 2 aliphatic rings. The minimum atomic E-state index is -0.534. The third-order valence-corrected chi connectivity index (χ3v) is 5.03. The number of likely N-dealkylation sites (tertiary alicyclic amines) is 1. The first kappa shape index (κ1) is 17.5. The van der Waals surface area contributed by atoms with Crippen molar-refractivity contribution >= 4 is 22.0 Å². The summed E-state index contributed by atoms with van der Waals surface area (Å²) in [5.41, 5.74) is -0.534. The van der Waals surface area contributed by atoms with Crippen LogP contribution in [0.2, 0.25) is 0 Å². The molecule has 1 aromatic heterocycles. The van der Waals surface area contributed by atoms with Crippen molar-refractivity contribution in [1.29, 1.82) is 0 Å². The molecule has 8 heteroatoms. The maximum Gasteiger partial charge on any atom is 0.410 e. The first-order valence-corrected chi connectivity index (χ1v) is 8.95. The topological polar surface area (TPSA) is 74.0 Å². The molecule has 0 N–H and O–H groups in total. The first-order valence-electron chi connectivity index (χ1n) is 8.16. The number of rotatable bonds is 2. The standard InChI is InChI=1S/C16H23BrN2O5/c1-9-12(17)14(18-24-9)22-11-8-19(15(20)23-16(2,3)4)10-6-5-7-21-13(10)11/h10-11,13H,5-8H2,1-4H3/t10-,11-,13+/m1/s1. The molecule has 7 nitrogen and oxygen atoms in total. The molecule has 0 bridgehead atoms. The van der Waals surface area contributed by atoms with Gasteiger partial charge in [-0.3, -0.25) is 4.90 Å². The lowest BCUT2D eigenvalue weighted by molar-refractivity contribution is -0.0502. The van der Waals surface area contributed by atoms with E-state index in [2.05, 4.69) is 21.1 Å². The van der Waals surface area contributed by atoms with Gasteiger partial charge in [0.25, 0.3) is 5.88 Å². The highest BCUT2D eigenvalue weighted by Crippen LogP contribution is 2.35. The zero-order valence-electron chi connectivity index (χ0n) is 14.4. The molecule has 1 aromatic rings. The summed E-state index contributed by atoms with van der Waals surface area (Å²) in [4.78, 5) is 14.3. The van der Waals surface area contributed by atoms with Crippen molar-refractivity contribution in [3.8, 4) is 5.88 Å². The third-order valence-electron chi connectivity index (χ3n) is 4.13. The molecule has 2 aliphatic heterocycles. The second-order valence-electron chi connectivity index (χ2n) is 7.19. The molecule has 2 saturated heterocycles. The van der Waals surface area contributed by atoms with E-state index in [0.717, 1.165) is 12.8 Å². The molecule has 24 heavy (non-hydrogen) atoms. The number of carbonyl (C=O) groups is 1. The van der Waals surface area contributed by atoms with Gasteiger partial charge < -0.3 is 18.7 Å². The van der Waals surface area contributed by atoms with E-state index in [0.29, 0.717) is 29.3 Å². The van der Waals surface area contributed by atoms with E-state index in [1.165, 1.54) is 0 Å². The van der Waals surface area contributed by atoms with Crippen LogP contribution in [-0.4, -0.2) is 53.2 Å². The summed E-state index contributed by atoms with van der Waals surface area (Å²) in [7, 11) is 0. The van der Waals surface area contributed by atoms with E-state index in [1.807, 2.05) is 20.8 Å². The van der Waals surface area contributed by atoms with Gasteiger partial charge in [-0.1, -0.05) is 0 Å². The van der Waals surface area contributed by atoms with Gasteiger partial charge in [-0.25, -0.2) is 4.79 Å². The Bertz CT molecular complexity index is 612. The Morgan fingerprint density at radius 1 is 1.42 bits per heavy atom. The predicted molar refractivity (Wildman–Crippen MR) is 89.1 cm³/mol. The molecule has 0 unspecified atom stereocenters. The summed E-state index contributed by atoms with van der Waals surface area (Å²) in [5, 5.41) is 3.91. The van der Waals surface area contributed by atoms with Gasteiger partial charge in [0.1, 0.15) is 22.3 Å². The van der Waals surface area contributed by atoms with Crippen LogP contribution >= 0.6 is 15.9 Å². The van der Waals surface area contributed by atoms with E-state index in [-0.39, 0.29) is 24.3 Å². The summed E-state index contributed by atoms with van der Waals surface area (Å²) >= 11 is 3.40. The van der Waals surface area contributed by atoms with Gasteiger partial charge in [0, 0.05) is 6.61 Å². The number of aryl methyl sites for hydroxylation is 1. The smallest absolute Gasteiger partial charge is 0.410 e. The van der Waals surface area contributed by atoms with Crippen LogP contribution in [0.15, 0.2) is 9.00 Å². The van der Waals surface area contributed by atoms with E-state index in [9.17, 15) is 4.79 Å². The zero-order valence-corrected chi connectivity index (χ0v) is 16.0. The molecule has 134 valence electrons. The van der Waals surface area contributed by atoms with Gasteiger partial charge in [0.2, 0.25) is 0 Å². The maximum absolute atomic E-state index is 12.5. The Morgan fingerprint density at radius 2 is 2.17 bits per heavy atom. The van der Waals surface area contributed by atoms with Crippen molar-refractivity contribution in [3.63, 3.8) is 0 Å². The minimum Gasteiger partial charge on any atom is -0.467 e. The quantitative estimate of drug-likeness (QED) is 0.755. The minimum absolute atomic E-state index is 0.0367. The normalized spacial score (nSPS) is 27.0. The number of hydrogen-bond donors (Lipinski definition) is 0. The number of carbonyl (C=O) groups excluding carboxylic acids is 1. The average molecular weight is 403 g/mol. The van der Waals surface area contributed by atoms with E-state index in [1.54, 1.807) is 11.8 Å². The fourth-order valence-corrected chi connectivity index (χ4v) is 3.34. The number of hydrogen-bond acceptors (Lipinski definition) is 6. The fraction of sp³-hybridized carbons (Fsp3) is 0.750. The molecular weight excluding hydrogens is 380 g/mol. The first-order chi connectivity index (χ1) is 11.3. The summed E-state index contributed by atoms with van der Waals surface area (Å²) in [5.74, 6) is 1.03. The van der Waals surface area contributed by atoms with Crippen molar-refractivity contribution in [3.05, 3.63) is 10.2 Å². The lowest BCUT2D eigenvalue weighted by Gasteiger charge is -2.32. The molecule has 3 heterocycles. The van der Waals surface area contributed by atoms with Crippen molar-refractivity contribution in [2.24, 2.45) is 0 Å². The average Bonchev–Trinajstić information content (AvgIpc) is 3.02. The number of ether oxygens (including phenoxy) is 3. The van der Waals surface area contributed by atoms with Crippen molar-refractivity contribution < 1.29 is 23.5 Å². The van der Waals surface area contributed by atoms with E-state index in [4.69, 9.17) is 18.7 Å². The van der Waals surface area contributed by atoms with Crippen LogP contribution in [0.3, 0.4) is 0 Å². The SMILES string of the molecule is Cc1onc(O[C@@H]2CN(C(=O)OC(C)(C)C)[C@@H]3CCCO[C@@H]32)c1Br. The van der Waals surface area contributed by atoms with Crippen LogP contribution in [0.25, 0.3) is 0 Å². The Hall–Kier alpha value is -1.28. The van der Waals surface area contributed by atoms with Gasteiger partial charge in [0.05, 0.1) is 12.6 Å². The summed E-state index contributed by atoms with van der Waals surface area (Å²) in [6, 6.07) is -0.0367. The molecular formula is C16H23BrN2O5. The fourth-order valence-electron chi connectivity index (χ4n) is 3.10. The van der Waals surface area contributed by atoms with Gasteiger partial charge in [0.15, 0.2) is 5.76 Å². The Balaban J connectivity index is 1.76. The van der Waals surface area contributed by atoms with Gasteiger partial charge in [-0.2, -0.15) is 0 Å². The molecule has 0 saturated carbocycles. The Morgan fingerprint density at radius 3 is 2.79 bits per heavy atom. The van der Waals surface area contributed by atoms with Crippen LogP contribution in [0.1, 0.15) is 39.4 Å². The third kappa shape index (κ3) is 3.54. The summed E-state index contributed by atoms with van der Waals surface area (Å²) in [6.45, 7) is 8.45. The number of fused-ring (bicyclic) bond motifs is 1. The molecule has 0 aromatic carbocycles. The van der Waals surface area contributed by atoms with Gasteiger partial charge >= 0.3 is 6.09 Å². The Kier molecular flexibility index (Phi) is 4.79. The largest absolute Gasteiger partial charge is 0.467 e. The van der Waals surface area contributed by atoms with Crippen LogP contribution in [-0.2, 0) is 9.47 Å². The maximum atomic E-state index is 12.5. The van der Waals surface area contributed by atoms with Crippen LogP contribution < -0.4 is 4.74 Å². The van der Waals surface area contributed by atoms with Crippen LogP contribution in [0.5, 0.6) is 5.88 Å². The second kappa shape index (κ2) is 6.55. The Labute approximate surface area is 149 Å². The molecule has 0 spiro atoms. The highest BCUT2D eigenvalue weighted by molar-refractivity contribution is 9.10. The summed E-state index contributed by atoms with van der Waals surface area (Å²) in [6.07, 6.45) is 0.978. The van der Waals surface area contributed by atoms with E-state index >= 15 is 0 Å². The monoisotopic (exact) mass is 402 g/mol. The van der Waals surface area contributed by atoms with Crippen molar-refractivity contribution in [2.45, 2.75) is 64.4 Å².